The van der Waals surface area contributed by atoms with Gasteiger partial charge in [-0.15, -0.1) is 11.8 Å². The molecule has 0 heterocycles. The van der Waals surface area contributed by atoms with Gasteiger partial charge < -0.3 is 5.32 Å². The lowest BCUT2D eigenvalue weighted by atomic mass is 10.2. The highest BCUT2D eigenvalue weighted by molar-refractivity contribution is 9.10. The van der Waals surface area contributed by atoms with Crippen LogP contribution in [0.15, 0.2) is 53.0 Å². The zero-order chi connectivity index (χ0) is 15.1. The van der Waals surface area contributed by atoms with Crippen LogP contribution in [0.4, 0.5) is 5.69 Å². The Balaban J connectivity index is 1.78. The van der Waals surface area contributed by atoms with Crippen LogP contribution in [0.2, 0.25) is 0 Å². The Morgan fingerprint density at radius 2 is 2.00 bits per heavy atom. The van der Waals surface area contributed by atoms with Crippen LogP contribution >= 0.6 is 27.7 Å². The molecular formula is C16H13BrN2OS. The van der Waals surface area contributed by atoms with E-state index >= 15 is 0 Å². The standard InChI is InChI=1S/C16H13BrN2OS/c17-14-3-1-2-13(8-14)10-21-11-16(20)19-15-6-4-12(9-18)5-7-15/h1-8H,10-11H2,(H,19,20). The first kappa shape index (κ1) is 15.6. The Morgan fingerprint density at radius 3 is 2.67 bits per heavy atom. The molecule has 0 spiro atoms. The van der Waals surface area contributed by atoms with Gasteiger partial charge in [0.1, 0.15) is 0 Å². The maximum absolute atomic E-state index is 11.8. The second-order valence-electron chi connectivity index (χ2n) is 4.36. The molecule has 0 bridgehead atoms. The molecule has 1 N–H and O–H groups in total. The Hall–Kier alpha value is -1.77. The Kier molecular flexibility index (Phi) is 5.85. The number of thioether (sulfide) groups is 1. The topological polar surface area (TPSA) is 52.9 Å². The molecule has 0 saturated heterocycles. The van der Waals surface area contributed by atoms with Gasteiger partial charge in [-0.2, -0.15) is 5.26 Å². The number of carbonyl (C=O) groups is 1. The second-order valence-corrected chi connectivity index (χ2v) is 6.26. The predicted molar refractivity (Wildman–Crippen MR) is 90.1 cm³/mol. The summed E-state index contributed by atoms with van der Waals surface area (Å²) in [5.41, 5.74) is 2.47. The summed E-state index contributed by atoms with van der Waals surface area (Å²) < 4.78 is 1.04. The Morgan fingerprint density at radius 1 is 1.24 bits per heavy atom. The molecule has 0 unspecified atom stereocenters. The number of nitriles is 1. The van der Waals surface area contributed by atoms with Gasteiger partial charge in [0, 0.05) is 15.9 Å². The summed E-state index contributed by atoms with van der Waals surface area (Å²) in [4.78, 5) is 11.8. The van der Waals surface area contributed by atoms with Gasteiger partial charge in [-0.25, -0.2) is 0 Å². The van der Waals surface area contributed by atoms with Crippen molar-refractivity contribution >= 4 is 39.3 Å². The Bertz CT molecular complexity index is 665. The summed E-state index contributed by atoms with van der Waals surface area (Å²) >= 11 is 4.99. The lowest BCUT2D eigenvalue weighted by Gasteiger charge is -2.05. The van der Waals surface area contributed by atoms with Crippen LogP contribution in [0, 0.1) is 11.3 Å². The van der Waals surface area contributed by atoms with Crippen LogP contribution in [0.25, 0.3) is 0 Å². The summed E-state index contributed by atoms with van der Waals surface area (Å²) in [6, 6.07) is 16.9. The third kappa shape index (κ3) is 5.25. The third-order valence-electron chi connectivity index (χ3n) is 2.69. The molecule has 0 aliphatic carbocycles. The molecule has 2 aromatic carbocycles. The molecular weight excluding hydrogens is 348 g/mol. The fourth-order valence-corrected chi connectivity index (χ4v) is 2.94. The summed E-state index contributed by atoms with van der Waals surface area (Å²) in [6.45, 7) is 0. The average Bonchev–Trinajstić information content (AvgIpc) is 2.48. The average molecular weight is 361 g/mol. The summed E-state index contributed by atoms with van der Waals surface area (Å²) in [7, 11) is 0. The summed E-state index contributed by atoms with van der Waals surface area (Å²) in [5.74, 6) is 1.15. The quantitative estimate of drug-likeness (QED) is 0.869. The van der Waals surface area contributed by atoms with Crippen LogP contribution in [0.1, 0.15) is 11.1 Å². The smallest absolute Gasteiger partial charge is 0.234 e. The van der Waals surface area contributed by atoms with E-state index in [-0.39, 0.29) is 5.91 Å². The van der Waals surface area contributed by atoms with Gasteiger partial charge in [-0.3, -0.25) is 4.79 Å². The van der Waals surface area contributed by atoms with Gasteiger partial charge in [-0.1, -0.05) is 28.1 Å². The van der Waals surface area contributed by atoms with Crippen molar-refractivity contribution in [1.29, 1.82) is 5.26 Å². The van der Waals surface area contributed by atoms with Gasteiger partial charge in [0.15, 0.2) is 0 Å². The molecule has 0 radical (unpaired) electrons. The second kappa shape index (κ2) is 7.87. The van der Waals surface area contributed by atoms with Gasteiger partial charge >= 0.3 is 0 Å². The van der Waals surface area contributed by atoms with Crippen molar-refractivity contribution in [1.82, 2.24) is 0 Å². The van der Waals surface area contributed by atoms with E-state index in [1.807, 2.05) is 30.3 Å². The van der Waals surface area contributed by atoms with Crippen LogP contribution in [0.3, 0.4) is 0 Å². The van der Waals surface area contributed by atoms with E-state index in [1.54, 1.807) is 36.0 Å². The molecule has 21 heavy (non-hydrogen) atoms. The number of rotatable bonds is 5. The Labute approximate surface area is 136 Å². The van der Waals surface area contributed by atoms with Gasteiger partial charge in [-0.05, 0) is 42.0 Å². The minimum absolute atomic E-state index is 0.0419. The first-order valence-electron chi connectivity index (χ1n) is 6.29. The van der Waals surface area contributed by atoms with Crippen molar-refractivity contribution < 1.29 is 4.79 Å². The first-order valence-corrected chi connectivity index (χ1v) is 8.24. The maximum atomic E-state index is 11.8. The molecule has 0 saturated carbocycles. The van der Waals surface area contributed by atoms with Crippen molar-refractivity contribution in [2.45, 2.75) is 5.75 Å². The summed E-state index contributed by atoms with van der Waals surface area (Å²) in [6.07, 6.45) is 0. The van der Waals surface area contributed by atoms with Gasteiger partial charge in [0.05, 0.1) is 17.4 Å². The zero-order valence-electron chi connectivity index (χ0n) is 11.2. The minimum Gasteiger partial charge on any atom is -0.325 e. The molecule has 2 aromatic rings. The number of hydrogen-bond acceptors (Lipinski definition) is 3. The lowest BCUT2D eigenvalue weighted by Crippen LogP contribution is -2.14. The van der Waals surface area contributed by atoms with Crippen molar-refractivity contribution in [3.8, 4) is 6.07 Å². The van der Waals surface area contributed by atoms with Crippen molar-refractivity contribution in [3.63, 3.8) is 0 Å². The molecule has 2 rings (SSSR count). The van der Waals surface area contributed by atoms with Crippen molar-refractivity contribution in [3.05, 3.63) is 64.1 Å². The SMILES string of the molecule is N#Cc1ccc(NC(=O)CSCc2cccc(Br)c2)cc1. The number of amides is 1. The van der Waals surface area contributed by atoms with E-state index in [4.69, 9.17) is 5.26 Å². The molecule has 0 aromatic heterocycles. The number of benzene rings is 2. The number of carbonyl (C=O) groups excluding carboxylic acids is 1. The molecule has 1 amide bonds. The highest BCUT2D eigenvalue weighted by atomic mass is 79.9. The van der Waals surface area contributed by atoms with Crippen molar-refractivity contribution in [2.24, 2.45) is 0 Å². The van der Waals surface area contributed by atoms with Crippen LogP contribution in [-0.4, -0.2) is 11.7 Å². The molecule has 0 fully saturated rings. The minimum atomic E-state index is -0.0419. The normalized spacial score (nSPS) is 9.90. The van der Waals surface area contributed by atoms with Crippen LogP contribution < -0.4 is 5.32 Å². The van der Waals surface area contributed by atoms with E-state index in [0.717, 1.165) is 10.2 Å². The van der Waals surface area contributed by atoms with Gasteiger partial charge in [0.2, 0.25) is 5.91 Å². The maximum Gasteiger partial charge on any atom is 0.234 e. The molecule has 0 aliphatic heterocycles. The molecule has 0 aliphatic rings. The molecule has 5 heteroatoms. The monoisotopic (exact) mass is 360 g/mol. The van der Waals surface area contributed by atoms with E-state index in [2.05, 4.69) is 21.2 Å². The van der Waals surface area contributed by atoms with Gasteiger partial charge in [0.25, 0.3) is 0 Å². The van der Waals surface area contributed by atoms with E-state index in [0.29, 0.717) is 17.0 Å². The largest absolute Gasteiger partial charge is 0.325 e. The molecule has 3 nitrogen and oxygen atoms in total. The number of nitrogens with one attached hydrogen (secondary N) is 1. The molecule has 106 valence electrons. The van der Waals surface area contributed by atoms with E-state index in [1.165, 1.54) is 5.56 Å². The molecule has 0 atom stereocenters. The fourth-order valence-electron chi connectivity index (χ4n) is 1.71. The number of nitrogens with zero attached hydrogens (tertiary/aromatic N) is 1. The fraction of sp³-hybridized carbons (Fsp3) is 0.125. The third-order valence-corrected chi connectivity index (χ3v) is 4.19. The predicted octanol–water partition coefficient (Wildman–Crippen LogP) is 4.19. The van der Waals surface area contributed by atoms with Crippen LogP contribution in [-0.2, 0) is 10.5 Å². The highest BCUT2D eigenvalue weighted by Crippen LogP contribution is 2.17. The first-order chi connectivity index (χ1) is 10.2. The van der Waals surface area contributed by atoms with E-state index in [9.17, 15) is 4.79 Å². The number of halogens is 1. The van der Waals surface area contributed by atoms with Crippen LogP contribution in [0.5, 0.6) is 0 Å². The van der Waals surface area contributed by atoms with Crippen molar-refractivity contribution in [2.75, 3.05) is 11.1 Å². The van der Waals surface area contributed by atoms with E-state index < -0.39 is 0 Å². The number of anilines is 1. The lowest BCUT2D eigenvalue weighted by molar-refractivity contribution is -0.113. The summed E-state index contributed by atoms with van der Waals surface area (Å²) in [5, 5.41) is 11.5. The number of hydrogen-bond donors (Lipinski definition) is 1. The highest BCUT2D eigenvalue weighted by Gasteiger charge is 2.03. The zero-order valence-corrected chi connectivity index (χ0v) is 13.6.